The van der Waals surface area contributed by atoms with Crippen LogP contribution in [0.2, 0.25) is 5.02 Å². The van der Waals surface area contributed by atoms with Crippen LogP contribution in [0.5, 0.6) is 0 Å². The minimum absolute atomic E-state index is 0.0496. The number of halogens is 1. The lowest BCUT2D eigenvalue weighted by atomic mass is 10.1. The van der Waals surface area contributed by atoms with E-state index in [0.29, 0.717) is 22.3 Å². The highest BCUT2D eigenvalue weighted by Gasteiger charge is 2.24. The molecule has 2 aromatic carbocycles. The van der Waals surface area contributed by atoms with Gasteiger partial charge in [0.2, 0.25) is 0 Å². The van der Waals surface area contributed by atoms with Crippen molar-refractivity contribution in [2.45, 2.75) is 6.92 Å². The Morgan fingerprint density at radius 1 is 1.16 bits per heavy atom. The predicted octanol–water partition coefficient (Wildman–Crippen LogP) is 4.30. The Balaban J connectivity index is 1.66. The predicted molar refractivity (Wildman–Crippen MR) is 129 cm³/mol. The lowest BCUT2D eigenvalue weighted by Gasteiger charge is -2.29. The molecule has 1 saturated heterocycles. The molecule has 6 nitrogen and oxygen atoms in total. The second-order valence-corrected chi connectivity index (χ2v) is 9.28. The summed E-state index contributed by atoms with van der Waals surface area (Å²) in [6, 6.07) is 11.5. The van der Waals surface area contributed by atoms with Gasteiger partial charge in [0.25, 0.3) is 5.91 Å². The van der Waals surface area contributed by atoms with Crippen LogP contribution in [-0.2, 0) is 4.74 Å². The second-order valence-electron chi connectivity index (χ2n) is 7.89. The molecule has 0 radical (unpaired) electrons. The van der Waals surface area contributed by atoms with Gasteiger partial charge in [0.05, 0.1) is 28.5 Å². The van der Waals surface area contributed by atoms with Crippen molar-refractivity contribution in [2.24, 2.45) is 0 Å². The third kappa shape index (κ3) is 4.85. The monoisotopic (exact) mass is 458 g/mol. The SMILES string of the molecule is Cc1ccc(Cl)c2sc(N(CCN3CCOCC3)C(=O)c3ccc(N(C)C)cc3)nc12. The van der Waals surface area contributed by atoms with E-state index >= 15 is 0 Å². The van der Waals surface area contributed by atoms with E-state index in [1.54, 1.807) is 4.90 Å². The fourth-order valence-corrected chi connectivity index (χ4v) is 4.96. The van der Waals surface area contributed by atoms with Crippen molar-refractivity contribution in [1.29, 1.82) is 0 Å². The number of hydrogen-bond acceptors (Lipinski definition) is 6. The highest BCUT2D eigenvalue weighted by atomic mass is 35.5. The molecule has 3 aromatic rings. The number of nitrogens with zero attached hydrogens (tertiary/aromatic N) is 4. The van der Waals surface area contributed by atoms with Crippen LogP contribution in [-0.4, -0.2) is 69.3 Å². The molecule has 1 aliphatic heterocycles. The molecule has 1 fully saturated rings. The number of fused-ring (bicyclic) bond motifs is 1. The molecule has 1 amide bonds. The number of aryl methyl sites for hydroxylation is 1. The van der Waals surface area contributed by atoms with Gasteiger partial charge in [-0.05, 0) is 42.8 Å². The molecule has 0 atom stereocenters. The molecule has 0 bridgehead atoms. The molecule has 164 valence electrons. The van der Waals surface area contributed by atoms with E-state index < -0.39 is 0 Å². The molecule has 8 heteroatoms. The fraction of sp³-hybridized carbons (Fsp3) is 0.391. The molecular formula is C23H27ClN4O2S. The average Bonchev–Trinajstić information content (AvgIpc) is 3.24. The van der Waals surface area contributed by atoms with Crippen LogP contribution in [0.25, 0.3) is 10.2 Å². The average molecular weight is 459 g/mol. The van der Waals surface area contributed by atoms with Crippen molar-refractivity contribution in [3.63, 3.8) is 0 Å². The Hall–Kier alpha value is -2.19. The summed E-state index contributed by atoms with van der Waals surface area (Å²) in [7, 11) is 3.97. The summed E-state index contributed by atoms with van der Waals surface area (Å²) >= 11 is 7.90. The Bertz CT molecular complexity index is 1020. The van der Waals surface area contributed by atoms with Gasteiger partial charge in [0.15, 0.2) is 5.13 Å². The summed E-state index contributed by atoms with van der Waals surface area (Å²) in [5.74, 6) is -0.0496. The number of amides is 1. The zero-order valence-corrected chi connectivity index (χ0v) is 19.7. The summed E-state index contributed by atoms with van der Waals surface area (Å²) in [6.45, 7) is 6.57. The number of carbonyl (C=O) groups is 1. The Kier molecular flexibility index (Phi) is 6.77. The Morgan fingerprint density at radius 2 is 1.87 bits per heavy atom. The van der Waals surface area contributed by atoms with Gasteiger partial charge in [-0.25, -0.2) is 4.98 Å². The van der Waals surface area contributed by atoms with Gasteiger partial charge < -0.3 is 9.64 Å². The van der Waals surface area contributed by atoms with Crippen molar-refractivity contribution in [3.8, 4) is 0 Å². The second kappa shape index (κ2) is 9.53. The summed E-state index contributed by atoms with van der Waals surface area (Å²) in [6.07, 6.45) is 0. The number of benzene rings is 2. The molecule has 0 saturated carbocycles. The Labute approximate surface area is 192 Å². The first-order valence-electron chi connectivity index (χ1n) is 10.4. The van der Waals surface area contributed by atoms with Crippen molar-refractivity contribution in [2.75, 3.05) is 63.3 Å². The smallest absolute Gasteiger partial charge is 0.260 e. The molecule has 31 heavy (non-hydrogen) atoms. The number of thiazole rings is 1. The number of rotatable bonds is 6. The number of aromatic nitrogens is 1. The fourth-order valence-electron chi connectivity index (χ4n) is 3.61. The maximum absolute atomic E-state index is 13.5. The van der Waals surface area contributed by atoms with Crippen molar-refractivity contribution < 1.29 is 9.53 Å². The summed E-state index contributed by atoms with van der Waals surface area (Å²) in [4.78, 5) is 24.5. The molecule has 0 aliphatic carbocycles. The normalized spacial score (nSPS) is 14.7. The number of carbonyl (C=O) groups excluding carboxylic acids is 1. The van der Waals surface area contributed by atoms with Crippen LogP contribution in [0.4, 0.5) is 10.8 Å². The Morgan fingerprint density at radius 3 is 2.52 bits per heavy atom. The first-order chi connectivity index (χ1) is 14.9. The van der Waals surface area contributed by atoms with Gasteiger partial charge in [-0.15, -0.1) is 0 Å². The van der Waals surface area contributed by atoms with E-state index in [4.69, 9.17) is 21.3 Å². The van der Waals surface area contributed by atoms with Crippen LogP contribution >= 0.6 is 22.9 Å². The maximum Gasteiger partial charge on any atom is 0.260 e. The molecule has 2 heterocycles. The maximum atomic E-state index is 13.5. The molecular weight excluding hydrogens is 432 g/mol. The van der Waals surface area contributed by atoms with Gasteiger partial charge in [-0.1, -0.05) is 29.0 Å². The van der Waals surface area contributed by atoms with Crippen molar-refractivity contribution in [3.05, 3.63) is 52.5 Å². The van der Waals surface area contributed by atoms with E-state index in [-0.39, 0.29) is 5.91 Å². The largest absolute Gasteiger partial charge is 0.379 e. The summed E-state index contributed by atoms with van der Waals surface area (Å²) < 4.78 is 6.37. The van der Waals surface area contributed by atoms with E-state index in [2.05, 4.69) is 4.90 Å². The third-order valence-electron chi connectivity index (χ3n) is 5.54. The topological polar surface area (TPSA) is 48.9 Å². The number of morpholine rings is 1. The van der Waals surface area contributed by atoms with Gasteiger partial charge in [0, 0.05) is 51.5 Å². The molecule has 1 aliphatic rings. The van der Waals surface area contributed by atoms with Crippen molar-refractivity contribution >= 4 is 49.9 Å². The van der Waals surface area contributed by atoms with E-state index in [0.717, 1.165) is 54.3 Å². The molecule has 4 rings (SSSR count). The summed E-state index contributed by atoms with van der Waals surface area (Å²) in [5, 5.41) is 1.35. The van der Waals surface area contributed by atoms with E-state index in [1.807, 2.05) is 62.3 Å². The van der Waals surface area contributed by atoms with E-state index in [9.17, 15) is 4.79 Å². The minimum Gasteiger partial charge on any atom is -0.379 e. The highest BCUT2D eigenvalue weighted by molar-refractivity contribution is 7.23. The van der Waals surface area contributed by atoms with Crippen molar-refractivity contribution in [1.82, 2.24) is 9.88 Å². The number of anilines is 2. The first-order valence-corrected chi connectivity index (χ1v) is 11.6. The lowest BCUT2D eigenvalue weighted by Crippen LogP contribution is -2.43. The zero-order chi connectivity index (χ0) is 22.0. The van der Waals surface area contributed by atoms with Crippen LogP contribution in [0.15, 0.2) is 36.4 Å². The van der Waals surface area contributed by atoms with Crippen LogP contribution in [0.1, 0.15) is 15.9 Å². The lowest BCUT2D eigenvalue weighted by molar-refractivity contribution is 0.0391. The highest BCUT2D eigenvalue weighted by Crippen LogP contribution is 2.36. The minimum atomic E-state index is -0.0496. The van der Waals surface area contributed by atoms with Gasteiger partial charge >= 0.3 is 0 Å². The molecule has 0 N–H and O–H groups in total. The van der Waals surface area contributed by atoms with Crippen LogP contribution in [0.3, 0.4) is 0 Å². The molecule has 0 unspecified atom stereocenters. The van der Waals surface area contributed by atoms with Crippen LogP contribution in [0, 0.1) is 6.92 Å². The van der Waals surface area contributed by atoms with Gasteiger partial charge in [0.1, 0.15) is 0 Å². The van der Waals surface area contributed by atoms with Gasteiger partial charge in [-0.3, -0.25) is 14.6 Å². The third-order valence-corrected chi connectivity index (χ3v) is 7.07. The van der Waals surface area contributed by atoms with Gasteiger partial charge in [-0.2, -0.15) is 0 Å². The number of ether oxygens (including phenoxy) is 1. The molecule has 0 spiro atoms. The first kappa shape index (κ1) is 22.0. The quantitative estimate of drug-likeness (QED) is 0.551. The standard InChI is InChI=1S/C23H27ClN4O2S/c1-16-4-9-19(24)21-20(16)25-23(31-21)28(11-10-27-12-14-30-15-13-27)22(29)17-5-7-18(8-6-17)26(2)3/h4-9H,10-15H2,1-3H3. The number of hydrogen-bond donors (Lipinski definition) is 0. The van der Waals surface area contributed by atoms with Crippen LogP contribution < -0.4 is 9.80 Å². The van der Waals surface area contributed by atoms with E-state index in [1.165, 1.54) is 11.3 Å². The zero-order valence-electron chi connectivity index (χ0n) is 18.1. The summed E-state index contributed by atoms with van der Waals surface area (Å²) in [5.41, 5.74) is 3.62. The molecule has 1 aromatic heterocycles.